The number of carbonyl (C=O) groups excluding carboxylic acids is 1. The monoisotopic (exact) mass is 314 g/mol. The molecule has 23 heavy (non-hydrogen) atoms. The molecule has 0 bridgehead atoms. The number of amides is 1. The predicted octanol–water partition coefficient (Wildman–Crippen LogP) is 2.34. The number of aromatic nitrogens is 2. The van der Waals surface area contributed by atoms with Gasteiger partial charge in [0.15, 0.2) is 5.76 Å². The van der Waals surface area contributed by atoms with Gasteiger partial charge in [0.25, 0.3) is 5.91 Å². The number of furan rings is 1. The zero-order chi connectivity index (χ0) is 15.6. The lowest BCUT2D eigenvalue weighted by Crippen LogP contribution is -2.23. The number of rotatable bonds is 6. The van der Waals surface area contributed by atoms with Crippen LogP contribution in [0.1, 0.15) is 53.7 Å². The number of hydrogen-bond acceptors (Lipinski definition) is 4. The molecule has 2 fully saturated rings. The Morgan fingerprint density at radius 3 is 2.91 bits per heavy atom. The van der Waals surface area contributed by atoms with E-state index in [1.807, 2.05) is 18.6 Å². The Morgan fingerprint density at radius 1 is 1.30 bits per heavy atom. The van der Waals surface area contributed by atoms with Crippen LogP contribution in [-0.4, -0.2) is 33.4 Å². The third kappa shape index (κ3) is 3.32. The maximum atomic E-state index is 12.2. The topological polar surface area (TPSA) is 63.3 Å². The van der Waals surface area contributed by atoms with Crippen LogP contribution in [0, 0.1) is 0 Å². The summed E-state index contributed by atoms with van der Waals surface area (Å²) >= 11 is 0. The first-order valence-corrected chi connectivity index (χ1v) is 8.39. The van der Waals surface area contributed by atoms with E-state index in [-0.39, 0.29) is 5.91 Å². The SMILES string of the molecule is O=C(NCc1cncn1C1CC1)c1ccc(CN2CCCC2)o1. The van der Waals surface area contributed by atoms with E-state index >= 15 is 0 Å². The second-order valence-electron chi connectivity index (χ2n) is 6.46. The fourth-order valence-corrected chi connectivity index (χ4v) is 3.15. The first-order chi connectivity index (χ1) is 11.3. The molecule has 0 unspecified atom stereocenters. The average Bonchev–Trinajstić information content (AvgIpc) is 3.00. The second kappa shape index (κ2) is 6.20. The molecular weight excluding hydrogens is 292 g/mol. The number of nitrogens with one attached hydrogen (secondary N) is 1. The van der Waals surface area contributed by atoms with Gasteiger partial charge in [0.2, 0.25) is 0 Å². The van der Waals surface area contributed by atoms with Crippen molar-refractivity contribution in [2.24, 2.45) is 0 Å². The highest BCUT2D eigenvalue weighted by atomic mass is 16.4. The molecule has 2 aliphatic rings. The van der Waals surface area contributed by atoms with Crippen LogP contribution in [0.3, 0.4) is 0 Å². The van der Waals surface area contributed by atoms with Crippen molar-refractivity contribution < 1.29 is 9.21 Å². The minimum Gasteiger partial charge on any atom is -0.455 e. The Kier molecular flexibility index (Phi) is 3.91. The zero-order valence-corrected chi connectivity index (χ0v) is 13.2. The van der Waals surface area contributed by atoms with Crippen LogP contribution in [0.5, 0.6) is 0 Å². The van der Waals surface area contributed by atoms with Crippen LogP contribution >= 0.6 is 0 Å². The van der Waals surface area contributed by atoms with Crippen molar-refractivity contribution in [1.29, 1.82) is 0 Å². The van der Waals surface area contributed by atoms with Crippen LogP contribution in [0.25, 0.3) is 0 Å². The lowest BCUT2D eigenvalue weighted by molar-refractivity contribution is 0.0918. The third-order valence-corrected chi connectivity index (χ3v) is 4.58. The largest absolute Gasteiger partial charge is 0.455 e. The van der Waals surface area contributed by atoms with E-state index in [4.69, 9.17) is 4.42 Å². The van der Waals surface area contributed by atoms with Gasteiger partial charge in [0.1, 0.15) is 5.76 Å². The highest BCUT2D eigenvalue weighted by molar-refractivity contribution is 5.91. The summed E-state index contributed by atoms with van der Waals surface area (Å²) in [7, 11) is 0. The van der Waals surface area contributed by atoms with Crippen LogP contribution in [0.15, 0.2) is 29.1 Å². The Morgan fingerprint density at radius 2 is 2.13 bits per heavy atom. The minimum atomic E-state index is -0.166. The van der Waals surface area contributed by atoms with Crippen LogP contribution in [-0.2, 0) is 13.1 Å². The fraction of sp³-hybridized carbons (Fsp3) is 0.529. The summed E-state index contributed by atoms with van der Waals surface area (Å²) in [6.07, 6.45) is 8.58. The van der Waals surface area contributed by atoms with Crippen molar-refractivity contribution in [2.45, 2.75) is 44.8 Å². The van der Waals surface area contributed by atoms with Crippen molar-refractivity contribution in [1.82, 2.24) is 19.8 Å². The molecule has 1 N–H and O–H groups in total. The van der Waals surface area contributed by atoms with Crippen molar-refractivity contribution in [3.63, 3.8) is 0 Å². The van der Waals surface area contributed by atoms with Crippen LogP contribution < -0.4 is 5.32 Å². The molecule has 0 aromatic carbocycles. The van der Waals surface area contributed by atoms with E-state index in [0.717, 1.165) is 31.1 Å². The highest BCUT2D eigenvalue weighted by Crippen LogP contribution is 2.35. The fourth-order valence-electron chi connectivity index (χ4n) is 3.15. The van der Waals surface area contributed by atoms with Gasteiger partial charge in [-0.1, -0.05) is 0 Å². The quantitative estimate of drug-likeness (QED) is 0.889. The van der Waals surface area contributed by atoms with Gasteiger partial charge < -0.3 is 14.3 Å². The molecule has 2 aromatic rings. The van der Waals surface area contributed by atoms with Gasteiger partial charge >= 0.3 is 0 Å². The van der Waals surface area contributed by atoms with Crippen LogP contribution in [0.4, 0.5) is 0 Å². The van der Waals surface area contributed by atoms with Gasteiger partial charge in [-0.3, -0.25) is 9.69 Å². The standard InChI is InChI=1S/C17H22N4O2/c22-17(19-10-14-9-18-12-21(14)13-3-4-13)16-6-5-15(23-16)11-20-7-1-2-8-20/h5-6,9,12-13H,1-4,7-8,10-11H2,(H,19,22). The number of carbonyl (C=O) groups is 1. The molecule has 1 amide bonds. The smallest absolute Gasteiger partial charge is 0.287 e. The summed E-state index contributed by atoms with van der Waals surface area (Å²) < 4.78 is 7.85. The van der Waals surface area contributed by atoms with Gasteiger partial charge in [0, 0.05) is 12.2 Å². The summed E-state index contributed by atoms with van der Waals surface area (Å²) in [5.41, 5.74) is 1.05. The lowest BCUT2D eigenvalue weighted by Gasteiger charge is -2.11. The second-order valence-corrected chi connectivity index (χ2v) is 6.46. The molecule has 6 heteroatoms. The summed E-state index contributed by atoms with van der Waals surface area (Å²) in [6, 6.07) is 4.24. The van der Waals surface area contributed by atoms with Gasteiger partial charge in [-0.2, -0.15) is 0 Å². The molecule has 4 rings (SSSR count). The Labute approximate surface area is 135 Å². The van der Waals surface area contributed by atoms with E-state index in [1.54, 1.807) is 6.07 Å². The molecule has 6 nitrogen and oxygen atoms in total. The molecule has 0 radical (unpaired) electrons. The maximum Gasteiger partial charge on any atom is 0.287 e. The van der Waals surface area contributed by atoms with E-state index in [2.05, 4.69) is 19.8 Å². The van der Waals surface area contributed by atoms with Gasteiger partial charge in [0.05, 0.1) is 25.1 Å². The molecular formula is C17H22N4O2. The molecule has 122 valence electrons. The average molecular weight is 314 g/mol. The summed E-state index contributed by atoms with van der Waals surface area (Å²) in [5, 5.41) is 2.92. The zero-order valence-electron chi connectivity index (χ0n) is 13.2. The van der Waals surface area contributed by atoms with Crippen LogP contribution in [0.2, 0.25) is 0 Å². The Balaban J connectivity index is 1.33. The molecule has 0 spiro atoms. The minimum absolute atomic E-state index is 0.166. The molecule has 2 aromatic heterocycles. The molecule has 1 aliphatic carbocycles. The lowest BCUT2D eigenvalue weighted by atomic mass is 10.3. The Hall–Kier alpha value is -2.08. The maximum absolute atomic E-state index is 12.2. The first kappa shape index (κ1) is 14.5. The molecule has 3 heterocycles. The number of likely N-dealkylation sites (tertiary alicyclic amines) is 1. The van der Waals surface area contributed by atoms with Crippen molar-refractivity contribution in [3.8, 4) is 0 Å². The Bertz CT molecular complexity index is 680. The van der Waals surface area contributed by atoms with Crippen molar-refractivity contribution in [2.75, 3.05) is 13.1 Å². The molecule has 1 saturated carbocycles. The van der Waals surface area contributed by atoms with E-state index in [9.17, 15) is 4.79 Å². The molecule has 1 saturated heterocycles. The number of nitrogens with zero attached hydrogens (tertiary/aromatic N) is 3. The summed E-state index contributed by atoms with van der Waals surface area (Å²) in [4.78, 5) is 18.8. The number of hydrogen-bond donors (Lipinski definition) is 1. The summed E-state index contributed by atoms with van der Waals surface area (Å²) in [5.74, 6) is 1.08. The van der Waals surface area contributed by atoms with Gasteiger partial charge in [-0.25, -0.2) is 4.98 Å². The molecule has 0 atom stereocenters. The number of imidazole rings is 1. The van der Waals surface area contributed by atoms with Crippen molar-refractivity contribution >= 4 is 5.91 Å². The predicted molar refractivity (Wildman–Crippen MR) is 84.9 cm³/mol. The first-order valence-electron chi connectivity index (χ1n) is 8.39. The van der Waals surface area contributed by atoms with E-state index < -0.39 is 0 Å². The van der Waals surface area contributed by atoms with Gasteiger partial charge in [-0.15, -0.1) is 0 Å². The third-order valence-electron chi connectivity index (χ3n) is 4.58. The van der Waals surface area contributed by atoms with Crippen molar-refractivity contribution in [3.05, 3.63) is 41.9 Å². The highest BCUT2D eigenvalue weighted by Gasteiger charge is 2.25. The normalized spacial score (nSPS) is 18.4. The summed E-state index contributed by atoms with van der Waals surface area (Å²) in [6.45, 7) is 3.51. The van der Waals surface area contributed by atoms with Gasteiger partial charge in [-0.05, 0) is 50.9 Å². The molecule has 1 aliphatic heterocycles. The van der Waals surface area contributed by atoms with E-state index in [0.29, 0.717) is 18.3 Å². The van der Waals surface area contributed by atoms with E-state index in [1.165, 1.54) is 25.7 Å².